The second kappa shape index (κ2) is 14.2. The van der Waals surface area contributed by atoms with E-state index in [4.69, 9.17) is 14.2 Å². The summed E-state index contributed by atoms with van der Waals surface area (Å²) in [4.78, 5) is 0. The van der Waals surface area contributed by atoms with Gasteiger partial charge in [-0.15, -0.1) is 6.58 Å². The molecular formula is C33H37F3O3. The van der Waals surface area contributed by atoms with Crippen LogP contribution in [0, 0.1) is 17.5 Å². The second-order valence-corrected chi connectivity index (χ2v) is 10.0. The summed E-state index contributed by atoms with van der Waals surface area (Å²) in [5.41, 5.74) is 2.11. The standard InChI is InChI=1S/C33H37F3O3/c1-3-5-19-37-27-15-9-24(10-16-27)29-17-11-26(32(35)33(29)36)22-39-28-13-7-23(8-14-28)25-12-18-31(30(34)21-25)38-20-6-4-2/h4,7-8,11-14,17-18,21,24,27H,2-3,5-6,9-10,15-16,19-20,22H2,1H3. The number of hydrogen-bond donors (Lipinski definition) is 0. The van der Waals surface area contributed by atoms with E-state index in [1.54, 1.807) is 54.6 Å². The maximum absolute atomic E-state index is 15.0. The minimum atomic E-state index is -0.851. The van der Waals surface area contributed by atoms with Crippen molar-refractivity contribution < 1.29 is 27.4 Å². The molecule has 0 heterocycles. The molecule has 1 fully saturated rings. The van der Waals surface area contributed by atoms with E-state index in [1.165, 1.54) is 6.07 Å². The molecule has 1 aliphatic rings. The highest BCUT2D eigenvalue weighted by Crippen LogP contribution is 2.36. The van der Waals surface area contributed by atoms with Crippen molar-refractivity contribution in [3.8, 4) is 22.6 Å². The molecule has 0 saturated heterocycles. The molecule has 0 atom stereocenters. The van der Waals surface area contributed by atoms with E-state index >= 15 is 4.39 Å². The summed E-state index contributed by atoms with van der Waals surface area (Å²) in [7, 11) is 0. The summed E-state index contributed by atoms with van der Waals surface area (Å²) < 4.78 is 61.4. The van der Waals surface area contributed by atoms with E-state index in [0.29, 0.717) is 29.9 Å². The maximum Gasteiger partial charge on any atom is 0.165 e. The fourth-order valence-corrected chi connectivity index (χ4v) is 4.92. The van der Waals surface area contributed by atoms with Crippen molar-refractivity contribution in [2.45, 2.75) is 70.5 Å². The normalized spacial score (nSPS) is 17.1. The predicted octanol–water partition coefficient (Wildman–Crippen LogP) is 9.15. The van der Waals surface area contributed by atoms with Crippen LogP contribution in [0.3, 0.4) is 0 Å². The minimum Gasteiger partial charge on any atom is -0.490 e. The molecule has 3 nitrogen and oxygen atoms in total. The van der Waals surface area contributed by atoms with Gasteiger partial charge in [-0.25, -0.2) is 13.2 Å². The van der Waals surface area contributed by atoms with Crippen LogP contribution >= 0.6 is 0 Å². The number of hydrogen-bond acceptors (Lipinski definition) is 3. The lowest BCUT2D eigenvalue weighted by atomic mass is 9.82. The summed E-state index contributed by atoms with van der Waals surface area (Å²) in [6.45, 7) is 6.80. The molecule has 3 aromatic rings. The van der Waals surface area contributed by atoms with E-state index in [-0.39, 0.29) is 29.9 Å². The predicted molar refractivity (Wildman–Crippen MR) is 149 cm³/mol. The molecule has 0 radical (unpaired) electrons. The second-order valence-electron chi connectivity index (χ2n) is 10.0. The van der Waals surface area contributed by atoms with Crippen LogP contribution < -0.4 is 9.47 Å². The number of benzene rings is 3. The van der Waals surface area contributed by atoms with Gasteiger partial charge in [0, 0.05) is 12.2 Å². The van der Waals surface area contributed by atoms with Crippen LogP contribution in [0.4, 0.5) is 13.2 Å². The van der Waals surface area contributed by atoms with Gasteiger partial charge in [-0.05, 0) is 85.4 Å². The molecule has 4 rings (SSSR count). The third kappa shape index (κ3) is 7.66. The van der Waals surface area contributed by atoms with Crippen LogP contribution in [0.1, 0.15) is 68.9 Å². The molecule has 0 aliphatic heterocycles. The lowest BCUT2D eigenvalue weighted by Gasteiger charge is -2.29. The fraction of sp³-hybridized carbons (Fsp3) is 0.394. The van der Waals surface area contributed by atoms with E-state index in [2.05, 4.69) is 13.5 Å². The monoisotopic (exact) mass is 538 g/mol. The Labute approximate surface area is 229 Å². The van der Waals surface area contributed by atoms with Crippen LogP contribution in [-0.2, 0) is 11.3 Å². The van der Waals surface area contributed by atoms with Crippen LogP contribution in [0.25, 0.3) is 11.1 Å². The van der Waals surface area contributed by atoms with Crippen LogP contribution in [-0.4, -0.2) is 19.3 Å². The molecule has 1 aliphatic carbocycles. The quantitative estimate of drug-likeness (QED) is 0.160. The molecule has 0 N–H and O–H groups in total. The highest BCUT2D eigenvalue weighted by atomic mass is 19.2. The van der Waals surface area contributed by atoms with Crippen LogP contribution in [0.15, 0.2) is 67.3 Å². The van der Waals surface area contributed by atoms with Crippen LogP contribution in [0.5, 0.6) is 11.5 Å². The third-order valence-electron chi connectivity index (χ3n) is 7.25. The smallest absolute Gasteiger partial charge is 0.165 e. The molecule has 0 bridgehead atoms. The van der Waals surface area contributed by atoms with Gasteiger partial charge >= 0.3 is 0 Å². The van der Waals surface area contributed by atoms with Crippen molar-refractivity contribution in [1.29, 1.82) is 0 Å². The zero-order valence-electron chi connectivity index (χ0n) is 22.6. The molecule has 1 saturated carbocycles. The zero-order chi connectivity index (χ0) is 27.6. The zero-order valence-corrected chi connectivity index (χ0v) is 22.6. The Kier molecular flexibility index (Phi) is 10.5. The van der Waals surface area contributed by atoms with Crippen molar-refractivity contribution in [3.05, 3.63) is 95.8 Å². The van der Waals surface area contributed by atoms with Crippen molar-refractivity contribution in [1.82, 2.24) is 0 Å². The first-order valence-electron chi connectivity index (χ1n) is 13.8. The molecule has 0 unspecified atom stereocenters. The van der Waals surface area contributed by atoms with Gasteiger partial charge in [-0.3, -0.25) is 0 Å². The number of unbranched alkanes of at least 4 members (excludes halogenated alkanes) is 1. The molecule has 3 aromatic carbocycles. The van der Waals surface area contributed by atoms with E-state index < -0.39 is 17.5 Å². The Balaban J connectivity index is 1.32. The average Bonchev–Trinajstić information content (AvgIpc) is 2.96. The number of rotatable bonds is 13. The third-order valence-corrected chi connectivity index (χ3v) is 7.25. The molecule has 0 aromatic heterocycles. The molecule has 6 heteroatoms. The SMILES string of the molecule is C=CCCOc1ccc(-c2ccc(OCc3ccc(C4CCC(OCCCC)CC4)c(F)c3F)cc2)cc1F. The highest BCUT2D eigenvalue weighted by molar-refractivity contribution is 5.65. The van der Waals surface area contributed by atoms with Crippen molar-refractivity contribution in [2.75, 3.05) is 13.2 Å². The van der Waals surface area contributed by atoms with Gasteiger partial charge in [-0.1, -0.05) is 49.8 Å². The molecule has 0 spiro atoms. The highest BCUT2D eigenvalue weighted by Gasteiger charge is 2.26. The molecule has 208 valence electrons. The first-order chi connectivity index (χ1) is 19.0. The molecule has 39 heavy (non-hydrogen) atoms. The fourth-order valence-electron chi connectivity index (χ4n) is 4.92. The van der Waals surface area contributed by atoms with Gasteiger partial charge in [0.15, 0.2) is 23.2 Å². The summed E-state index contributed by atoms with van der Waals surface area (Å²) in [6, 6.07) is 15.2. The Morgan fingerprint density at radius 2 is 1.59 bits per heavy atom. The van der Waals surface area contributed by atoms with Gasteiger partial charge in [0.25, 0.3) is 0 Å². The van der Waals surface area contributed by atoms with E-state index in [1.807, 2.05) is 0 Å². The Morgan fingerprint density at radius 1 is 0.846 bits per heavy atom. The van der Waals surface area contributed by atoms with Crippen molar-refractivity contribution in [3.63, 3.8) is 0 Å². The topological polar surface area (TPSA) is 27.7 Å². The summed E-state index contributed by atoms with van der Waals surface area (Å²) in [5.74, 6) is -1.35. The maximum atomic E-state index is 15.0. The summed E-state index contributed by atoms with van der Waals surface area (Å²) in [6.07, 6.45) is 8.06. The van der Waals surface area contributed by atoms with E-state index in [0.717, 1.165) is 50.7 Å². The first kappa shape index (κ1) is 28.8. The van der Waals surface area contributed by atoms with Crippen LogP contribution in [0.2, 0.25) is 0 Å². The lowest BCUT2D eigenvalue weighted by molar-refractivity contribution is 0.0230. The van der Waals surface area contributed by atoms with E-state index in [9.17, 15) is 8.78 Å². The van der Waals surface area contributed by atoms with Gasteiger partial charge in [0.1, 0.15) is 12.4 Å². The summed E-state index contributed by atoms with van der Waals surface area (Å²) in [5, 5.41) is 0. The first-order valence-corrected chi connectivity index (χ1v) is 13.8. The molecular weight excluding hydrogens is 501 g/mol. The van der Waals surface area contributed by atoms with Gasteiger partial charge in [0.05, 0.1) is 12.7 Å². The lowest BCUT2D eigenvalue weighted by Crippen LogP contribution is -2.22. The number of halogens is 3. The number of ether oxygens (including phenoxy) is 3. The summed E-state index contributed by atoms with van der Waals surface area (Å²) >= 11 is 0. The van der Waals surface area contributed by atoms with Crippen molar-refractivity contribution in [2.24, 2.45) is 0 Å². The largest absolute Gasteiger partial charge is 0.490 e. The Hall–Kier alpha value is -3.25. The average molecular weight is 539 g/mol. The Bertz CT molecular complexity index is 1220. The van der Waals surface area contributed by atoms with Gasteiger partial charge < -0.3 is 14.2 Å². The van der Waals surface area contributed by atoms with Gasteiger partial charge in [-0.2, -0.15) is 0 Å². The Morgan fingerprint density at radius 3 is 2.28 bits per heavy atom. The molecule has 0 amide bonds. The van der Waals surface area contributed by atoms with Gasteiger partial charge in [0.2, 0.25) is 0 Å². The minimum absolute atomic E-state index is 0.00523. The van der Waals surface area contributed by atoms with Crippen molar-refractivity contribution >= 4 is 0 Å².